The molecule has 0 aliphatic heterocycles. The molecule has 0 aromatic heterocycles. The molecule has 3 heteroatoms. The van der Waals surface area contributed by atoms with Crippen molar-refractivity contribution in [2.75, 3.05) is 20.8 Å². The summed E-state index contributed by atoms with van der Waals surface area (Å²) in [6.45, 7) is 0.0663. The molecule has 0 heterocycles. The fraction of sp³-hybridized carbons (Fsp3) is 0.400. The molecule has 0 saturated carbocycles. The summed E-state index contributed by atoms with van der Waals surface area (Å²) in [5, 5.41) is 12.1. The lowest BCUT2D eigenvalue weighted by molar-refractivity contribution is 0.247. The second-order valence-corrected chi connectivity index (χ2v) is 2.77. The molecule has 3 nitrogen and oxygen atoms in total. The van der Waals surface area contributed by atoms with Crippen molar-refractivity contribution in [1.82, 2.24) is 5.32 Å². The second kappa shape index (κ2) is 4.84. The Morgan fingerprint density at radius 1 is 1.46 bits per heavy atom. The van der Waals surface area contributed by atoms with Crippen molar-refractivity contribution < 1.29 is 9.84 Å². The number of nitrogens with one attached hydrogen (secondary N) is 1. The third-order valence-electron chi connectivity index (χ3n) is 2.05. The van der Waals surface area contributed by atoms with Crippen LogP contribution in [-0.2, 0) is 0 Å². The van der Waals surface area contributed by atoms with Crippen molar-refractivity contribution >= 4 is 0 Å². The van der Waals surface area contributed by atoms with E-state index < -0.39 is 0 Å². The van der Waals surface area contributed by atoms with Gasteiger partial charge in [-0.2, -0.15) is 0 Å². The number of aliphatic hydroxyl groups is 1. The van der Waals surface area contributed by atoms with Crippen LogP contribution in [0.15, 0.2) is 24.3 Å². The first-order valence-corrected chi connectivity index (χ1v) is 4.24. The summed E-state index contributed by atoms with van der Waals surface area (Å²) in [5.41, 5.74) is 0.981. The largest absolute Gasteiger partial charge is 0.496 e. The van der Waals surface area contributed by atoms with E-state index in [1.165, 1.54) is 0 Å². The number of ether oxygens (including phenoxy) is 1. The zero-order valence-electron chi connectivity index (χ0n) is 7.95. The van der Waals surface area contributed by atoms with Gasteiger partial charge in [-0.15, -0.1) is 0 Å². The number of benzene rings is 1. The van der Waals surface area contributed by atoms with Crippen LogP contribution < -0.4 is 10.1 Å². The minimum absolute atomic E-state index is 0.0591. The van der Waals surface area contributed by atoms with Crippen molar-refractivity contribution in [1.29, 1.82) is 0 Å². The van der Waals surface area contributed by atoms with E-state index in [9.17, 15) is 0 Å². The molecule has 1 aromatic rings. The molecule has 2 N–H and O–H groups in total. The summed E-state index contributed by atoms with van der Waals surface area (Å²) in [6, 6.07) is 7.60. The molecule has 0 saturated heterocycles. The molecular formula is C10H15NO2. The Kier molecular flexibility index (Phi) is 3.73. The highest BCUT2D eigenvalue weighted by molar-refractivity contribution is 5.35. The molecule has 0 radical (unpaired) electrons. The summed E-state index contributed by atoms with van der Waals surface area (Å²) < 4.78 is 5.18. The molecule has 0 amide bonds. The van der Waals surface area contributed by atoms with Gasteiger partial charge in [0.15, 0.2) is 0 Å². The highest BCUT2D eigenvalue weighted by atomic mass is 16.5. The highest BCUT2D eigenvalue weighted by Gasteiger charge is 2.11. The van der Waals surface area contributed by atoms with Gasteiger partial charge in [0, 0.05) is 5.56 Å². The Balaban J connectivity index is 2.96. The standard InChI is InChI=1S/C10H15NO2/c1-11-9(7-12)8-5-3-4-6-10(8)13-2/h3-6,9,11-12H,7H2,1-2H3/t9-/m0/s1. The van der Waals surface area contributed by atoms with E-state index >= 15 is 0 Å². The lowest BCUT2D eigenvalue weighted by Crippen LogP contribution is -2.20. The molecule has 0 spiro atoms. The average molecular weight is 181 g/mol. The smallest absolute Gasteiger partial charge is 0.123 e. The van der Waals surface area contributed by atoms with Crippen LogP contribution >= 0.6 is 0 Å². The highest BCUT2D eigenvalue weighted by Crippen LogP contribution is 2.23. The van der Waals surface area contributed by atoms with E-state index in [4.69, 9.17) is 9.84 Å². The van der Waals surface area contributed by atoms with E-state index in [0.717, 1.165) is 11.3 Å². The Morgan fingerprint density at radius 3 is 2.69 bits per heavy atom. The number of hydrogen-bond acceptors (Lipinski definition) is 3. The van der Waals surface area contributed by atoms with Gasteiger partial charge in [-0.05, 0) is 13.1 Å². The zero-order valence-corrected chi connectivity index (χ0v) is 7.95. The van der Waals surface area contributed by atoms with Gasteiger partial charge in [0.2, 0.25) is 0 Å². The fourth-order valence-corrected chi connectivity index (χ4v) is 1.30. The minimum atomic E-state index is -0.0591. The van der Waals surface area contributed by atoms with Crippen molar-refractivity contribution in [2.45, 2.75) is 6.04 Å². The van der Waals surface area contributed by atoms with E-state index in [0.29, 0.717) is 0 Å². The number of para-hydroxylation sites is 1. The molecule has 0 aliphatic carbocycles. The normalized spacial score (nSPS) is 12.5. The van der Waals surface area contributed by atoms with Gasteiger partial charge in [-0.25, -0.2) is 0 Å². The molecule has 0 bridgehead atoms. The molecule has 0 unspecified atom stereocenters. The molecule has 0 fully saturated rings. The topological polar surface area (TPSA) is 41.5 Å². The Morgan fingerprint density at radius 2 is 2.15 bits per heavy atom. The number of likely N-dealkylation sites (N-methyl/N-ethyl adjacent to an activating group) is 1. The molecular weight excluding hydrogens is 166 g/mol. The molecule has 1 aromatic carbocycles. The quantitative estimate of drug-likeness (QED) is 0.726. The van der Waals surface area contributed by atoms with Crippen LogP contribution in [0.2, 0.25) is 0 Å². The first kappa shape index (κ1) is 10.0. The van der Waals surface area contributed by atoms with Gasteiger partial charge in [0.25, 0.3) is 0 Å². The number of aliphatic hydroxyl groups excluding tert-OH is 1. The molecule has 0 aliphatic rings. The van der Waals surface area contributed by atoms with Crippen molar-refractivity contribution in [3.8, 4) is 5.75 Å². The van der Waals surface area contributed by atoms with Gasteiger partial charge in [-0.3, -0.25) is 0 Å². The summed E-state index contributed by atoms with van der Waals surface area (Å²) in [6.07, 6.45) is 0. The predicted molar refractivity (Wildman–Crippen MR) is 51.9 cm³/mol. The summed E-state index contributed by atoms with van der Waals surface area (Å²) in [7, 11) is 3.44. The van der Waals surface area contributed by atoms with Gasteiger partial charge in [0.1, 0.15) is 5.75 Å². The van der Waals surface area contributed by atoms with Crippen LogP contribution in [-0.4, -0.2) is 25.9 Å². The SMILES string of the molecule is CN[C@@H](CO)c1ccccc1OC. The van der Waals surface area contributed by atoms with Crippen molar-refractivity contribution in [2.24, 2.45) is 0 Å². The first-order chi connectivity index (χ1) is 6.33. The minimum Gasteiger partial charge on any atom is -0.496 e. The maximum atomic E-state index is 9.08. The van der Waals surface area contributed by atoms with E-state index in [1.807, 2.05) is 31.3 Å². The second-order valence-electron chi connectivity index (χ2n) is 2.77. The Labute approximate surface area is 78.3 Å². The number of rotatable bonds is 4. The van der Waals surface area contributed by atoms with Crippen LogP contribution in [0.5, 0.6) is 5.75 Å². The summed E-state index contributed by atoms with van der Waals surface area (Å²) in [4.78, 5) is 0. The third-order valence-corrected chi connectivity index (χ3v) is 2.05. The molecule has 1 atom stereocenters. The maximum absolute atomic E-state index is 9.08. The van der Waals surface area contributed by atoms with E-state index in [1.54, 1.807) is 7.11 Å². The van der Waals surface area contributed by atoms with Gasteiger partial charge in [-0.1, -0.05) is 18.2 Å². The lowest BCUT2D eigenvalue weighted by atomic mass is 10.1. The summed E-state index contributed by atoms with van der Waals surface area (Å²) >= 11 is 0. The number of methoxy groups -OCH3 is 1. The average Bonchev–Trinajstić information content (AvgIpc) is 2.20. The first-order valence-electron chi connectivity index (χ1n) is 4.24. The zero-order chi connectivity index (χ0) is 9.68. The van der Waals surface area contributed by atoms with E-state index in [-0.39, 0.29) is 12.6 Å². The van der Waals surface area contributed by atoms with E-state index in [2.05, 4.69) is 5.32 Å². The van der Waals surface area contributed by atoms with Gasteiger partial charge in [0.05, 0.1) is 19.8 Å². The van der Waals surface area contributed by atoms with Crippen LogP contribution in [0.3, 0.4) is 0 Å². The Bertz CT molecular complexity index is 259. The van der Waals surface area contributed by atoms with Gasteiger partial charge < -0.3 is 15.2 Å². The monoisotopic (exact) mass is 181 g/mol. The lowest BCUT2D eigenvalue weighted by Gasteiger charge is -2.16. The van der Waals surface area contributed by atoms with Crippen LogP contribution in [0, 0.1) is 0 Å². The number of hydrogen-bond donors (Lipinski definition) is 2. The van der Waals surface area contributed by atoms with Crippen molar-refractivity contribution in [3.05, 3.63) is 29.8 Å². The molecule has 72 valence electrons. The molecule has 1 rings (SSSR count). The van der Waals surface area contributed by atoms with Crippen molar-refractivity contribution in [3.63, 3.8) is 0 Å². The Hall–Kier alpha value is -1.06. The predicted octanol–water partition coefficient (Wildman–Crippen LogP) is 0.948. The summed E-state index contributed by atoms with van der Waals surface area (Å²) in [5.74, 6) is 0.802. The fourth-order valence-electron chi connectivity index (χ4n) is 1.30. The van der Waals surface area contributed by atoms with Crippen LogP contribution in [0.25, 0.3) is 0 Å². The molecule has 13 heavy (non-hydrogen) atoms. The van der Waals surface area contributed by atoms with Crippen LogP contribution in [0.1, 0.15) is 11.6 Å². The van der Waals surface area contributed by atoms with Crippen LogP contribution in [0.4, 0.5) is 0 Å². The maximum Gasteiger partial charge on any atom is 0.123 e. The third kappa shape index (κ3) is 2.20. The van der Waals surface area contributed by atoms with Gasteiger partial charge >= 0.3 is 0 Å².